The normalized spacial score (nSPS) is 22.6. The van der Waals surface area contributed by atoms with Crippen LogP contribution in [0, 0.1) is 6.92 Å². The molecule has 0 saturated carbocycles. The van der Waals surface area contributed by atoms with Gasteiger partial charge in [-0.3, -0.25) is 4.90 Å². The number of imidazole rings is 1. The first-order valence-electron chi connectivity index (χ1n) is 7.39. The van der Waals surface area contributed by atoms with Gasteiger partial charge in [-0.2, -0.15) is 0 Å². The van der Waals surface area contributed by atoms with Crippen LogP contribution in [0.3, 0.4) is 0 Å². The van der Waals surface area contributed by atoms with E-state index in [2.05, 4.69) is 27.1 Å². The Morgan fingerprint density at radius 2 is 2.29 bits per heavy atom. The summed E-state index contributed by atoms with van der Waals surface area (Å²) in [6.07, 6.45) is 5.89. The second-order valence-corrected chi connectivity index (χ2v) is 5.80. The Kier molecular flexibility index (Phi) is 3.63. The van der Waals surface area contributed by atoms with E-state index in [9.17, 15) is 0 Å². The highest BCUT2D eigenvalue weighted by molar-refractivity contribution is 5.36. The van der Waals surface area contributed by atoms with Gasteiger partial charge in [-0.05, 0) is 33.2 Å². The average molecular weight is 286 g/mol. The summed E-state index contributed by atoms with van der Waals surface area (Å²) in [6.45, 7) is 6.09. The van der Waals surface area contributed by atoms with Crippen LogP contribution in [0.1, 0.15) is 37.1 Å². The fourth-order valence-corrected chi connectivity index (χ4v) is 3.03. The topological polar surface area (TPSA) is 69.7 Å². The third-order valence-corrected chi connectivity index (χ3v) is 4.28. The molecule has 1 saturated heterocycles. The Morgan fingerprint density at radius 3 is 3.00 bits per heavy atom. The van der Waals surface area contributed by atoms with E-state index < -0.39 is 0 Å². The monoisotopic (exact) mass is 286 g/mol. The molecule has 21 heavy (non-hydrogen) atoms. The van der Waals surface area contributed by atoms with Crippen molar-refractivity contribution in [2.24, 2.45) is 0 Å². The zero-order chi connectivity index (χ0) is 14.9. The zero-order valence-corrected chi connectivity index (χ0v) is 12.8. The van der Waals surface area contributed by atoms with E-state index >= 15 is 0 Å². The molecular weight excluding hydrogens is 264 g/mol. The lowest BCUT2D eigenvalue weighted by atomic mass is 9.97. The minimum Gasteiger partial charge on any atom is -0.373 e. The molecule has 1 aliphatic rings. The summed E-state index contributed by atoms with van der Waals surface area (Å²) >= 11 is 0. The largest absolute Gasteiger partial charge is 0.373 e. The molecule has 2 aromatic heterocycles. The first-order chi connectivity index (χ1) is 10.1. The fraction of sp³-hybridized carbons (Fsp3) is 0.533. The highest BCUT2D eigenvalue weighted by atomic mass is 15.3. The summed E-state index contributed by atoms with van der Waals surface area (Å²) in [7, 11) is 1.89. The smallest absolute Gasteiger partial charge is 0.150 e. The van der Waals surface area contributed by atoms with E-state index in [0.29, 0.717) is 0 Å². The number of nitrogens with one attached hydrogen (secondary N) is 2. The lowest BCUT2D eigenvalue weighted by Gasteiger charge is -2.33. The van der Waals surface area contributed by atoms with Crippen LogP contribution in [0.4, 0.5) is 5.82 Å². The number of hydrogen-bond acceptors (Lipinski definition) is 5. The molecule has 1 fully saturated rings. The molecule has 0 amide bonds. The number of aromatic nitrogens is 4. The van der Waals surface area contributed by atoms with E-state index in [4.69, 9.17) is 9.97 Å². The summed E-state index contributed by atoms with van der Waals surface area (Å²) in [5.74, 6) is 2.77. The summed E-state index contributed by atoms with van der Waals surface area (Å²) in [5, 5.41) is 3.12. The van der Waals surface area contributed by atoms with Gasteiger partial charge >= 0.3 is 0 Å². The Balaban J connectivity index is 1.92. The van der Waals surface area contributed by atoms with Crippen LogP contribution in [0.5, 0.6) is 0 Å². The molecule has 112 valence electrons. The molecule has 0 radical (unpaired) electrons. The predicted octanol–water partition coefficient (Wildman–Crippen LogP) is 2.06. The quantitative estimate of drug-likeness (QED) is 0.900. The minimum atomic E-state index is -0.135. The van der Waals surface area contributed by atoms with Crippen LogP contribution in [0.15, 0.2) is 18.5 Å². The third kappa shape index (κ3) is 2.63. The molecule has 3 rings (SSSR count). The third-order valence-electron chi connectivity index (χ3n) is 4.28. The molecule has 0 bridgehead atoms. The van der Waals surface area contributed by atoms with Gasteiger partial charge in [-0.25, -0.2) is 15.0 Å². The maximum absolute atomic E-state index is 4.69. The molecule has 3 heterocycles. The molecule has 0 aromatic carbocycles. The number of anilines is 1. The van der Waals surface area contributed by atoms with Gasteiger partial charge in [0.2, 0.25) is 0 Å². The van der Waals surface area contributed by atoms with Gasteiger partial charge in [0.15, 0.2) is 5.82 Å². The van der Waals surface area contributed by atoms with Crippen LogP contribution >= 0.6 is 0 Å². The van der Waals surface area contributed by atoms with Gasteiger partial charge in [-0.15, -0.1) is 0 Å². The van der Waals surface area contributed by atoms with Gasteiger partial charge in [0.05, 0.1) is 12.1 Å². The van der Waals surface area contributed by atoms with Gasteiger partial charge in [0.25, 0.3) is 0 Å². The van der Waals surface area contributed by atoms with Crippen LogP contribution in [-0.4, -0.2) is 38.4 Å². The number of nitrogens with zero attached hydrogens (tertiary/aromatic N) is 4. The van der Waals surface area contributed by atoms with Crippen molar-refractivity contribution in [1.82, 2.24) is 24.8 Å². The molecule has 2 N–H and O–H groups in total. The molecule has 6 heteroatoms. The first-order valence-corrected chi connectivity index (χ1v) is 7.39. The van der Waals surface area contributed by atoms with Crippen molar-refractivity contribution in [2.75, 3.05) is 18.9 Å². The average Bonchev–Trinajstić information content (AvgIpc) is 3.10. The van der Waals surface area contributed by atoms with Crippen molar-refractivity contribution in [3.05, 3.63) is 35.8 Å². The van der Waals surface area contributed by atoms with Gasteiger partial charge in [-0.1, -0.05) is 0 Å². The highest BCUT2D eigenvalue weighted by Crippen LogP contribution is 2.37. The number of hydrogen-bond donors (Lipinski definition) is 2. The van der Waals surface area contributed by atoms with E-state index in [1.165, 1.54) is 0 Å². The van der Waals surface area contributed by atoms with E-state index in [1.54, 1.807) is 6.20 Å². The number of aromatic amines is 1. The van der Waals surface area contributed by atoms with Gasteiger partial charge < -0.3 is 10.3 Å². The summed E-state index contributed by atoms with van der Waals surface area (Å²) in [6, 6.07) is 1.97. The Morgan fingerprint density at radius 1 is 1.43 bits per heavy atom. The van der Waals surface area contributed by atoms with Crippen LogP contribution < -0.4 is 5.32 Å². The number of aryl methyl sites for hydroxylation is 1. The first kappa shape index (κ1) is 14.0. The van der Waals surface area contributed by atoms with Crippen molar-refractivity contribution in [2.45, 2.75) is 38.8 Å². The second kappa shape index (κ2) is 5.44. The summed E-state index contributed by atoms with van der Waals surface area (Å²) in [5.41, 5.74) is 0.861. The van der Waals surface area contributed by atoms with Gasteiger partial charge in [0, 0.05) is 31.2 Å². The van der Waals surface area contributed by atoms with Crippen LogP contribution in [0.2, 0.25) is 0 Å². The van der Waals surface area contributed by atoms with Crippen molar-refractivity contribution in [3.63, 3.8) is 0 Å². The standard InChI is InChI=1S/C15H22N6/c1-11-9-12(16-3)20-14(19-11)15(2)5-4-8-21(15)10-13-17-6-7-18-13/h6-7,9H,4-5,8,10H2,1-3H3,(H,17,18)(H,16,19,20)/t15-/m0/s1. The fourth-order valence-electron chi connectivity index (χ4n) is 3.03. The number of rotatable bonds is 4. The number of likely N-dealkylation sites (tertiary alicyclic amines) is 1. The maximum atomic E-state index is 4.69. The highest BCUT2D eigenvalue weighted by Gasteiger charge is 2.41. The van der Waals surface area contributed by atoms with Crippen LogP contribution in [0.25, 0.3) is 0 Å². The predicted molar refractivity (Wildman–Crippen MR) is 81.9 cm³/mol. The molecule has 1 atom stereocenters. The van der Waals surface area contributed by atoms with Crippen molar-refractivity contribution < 1.29 is 0 Å². The SMILES string of the molecule is CNc1cc(C)nc([C@]2(C)CCCN2Cc2ncc[nH]2)n1. The summed E-state index contributed by atoms with van der Waals surface area (Å²) in [4.78, 5) is 19.3. The minimum absolute atomic E-state index is 0.135. The van der Waals surface area contributed by atoms with E-state index in [-0.39, 0.29) is 5.54 Å². The molecule has 0 unspecified atom stereocenters. The second-order valence-electron chi connectivity index (χ2n) is 5.80. The molecule has 6 nitrogen and oxygen atoms in total. The zero-order valence-electron chi connectivity index (χ0n) is 12.8. The van der Waals surface area contributed by atoms with Crippen molar-refractivity contribution >= 4 is 5.82 Å². The van der Waals surface area contributed by atoms with Crippen molar-refractivity contribution in [1.29, 1.82) is 0 Å². The van der Waals surface area contributed by atoms with Crippen molar-refractivity contribution in [3.8, 4) is 0 Å². The lowest BCUT2D eigenvalue weighted by Crippen LogP contribution is -2.40. The molecule has 0 spiro atoms. The Bertz CT molecular complexity index is 609. The molecular formula is C15H22N6. The Labute approximate surface area is 125 Å². The molecule has 1 aliphatic heterocycles. The van der Waals surface area contributed by atoms with E-state index in [1.807, 2.05) is 26.2 Å². The van der Waals surface area contributed by atoms with Crippen LogP contribution in [-0.2, 0) is 12.1 Å². The van der Waals surface area contributed by atoms with Gasteiger partial charge in [0.1, 0.15) is 11.6 Å². The van der Waals surface area contributed by atoms with E-state index in [0.717, 1.165) is 49.1 Å². The maximum Gasteiger partial charge on any atom is 0.150 e. The Hall–Kier alpha value is -1.95. The molecule has 0 aliphatic carbocycles. The number of H-pyrrole nitrogens is 1. The lowest BCUT2D eigenvalue weighted by molar-refractivity contribution is 0.134. The molecule has 2 aromatic rings. The summed E-state index contributed by atoms with van der Waals surface area (Å²) < 4.78 is 0.